The summed E-state index contributed by atoms with van der Waals surface area (Å²) in [6, 6.07) is 18.9. The van der Waals surface area contributed by atoms with Gasteiger partial charge in [0, 0.05) is 5.56 Å². The average molecular weight is 376 g/mol. The maximum absolute atomic E-state index is 12.1. The molecular weight excluding hydrogens is 352 g/mol. The van der Waals surface area contributed by atoms with E-state index in [9.17, 15) is 9.90 Å². The summed E-state index contributed by atoms with van der Waals surface area (Å²) in [5.74, 6) is 0.805. The number of benzene rings is 3. The van der Waals surface area contributed by atoms with E-state index in [0.717, 1.165) is 22.8 Å². The molecule has 5 nitrogen and oxygen atoms in total. The topological polar surface area (TPSA) is 70.9 Å². The lowest BCUT2D eigenvalue weighted by Gasteiger charge is -2.15. The number of hydrogen-bond acceptors (Lipinski definition) is 4. The molecule has 0 aromatic heterocycles. The molecule has 5 heteroatoms. The SMILES string of the molecule is CCC(C)c1ccccc1OCC(=O)N/N=C/c1c(O)ccc2ccccc12. The summed E-state index contributed by atoms with van der Waals surface area (Å²) in [5.41, 5.74) is 4.09. The minimum absolute atomic E-state index is 0.107. The molecule has 3 rings (SSSR count). The quantitative estimate of drug-likeness (QED) is 0.468. The predicted molar refractivity (Wildman–Crippen MR) is 112 cm³/mol. The molecule has 0 aliphatic carbocycles. The second kappa shape index (κ2) is 9.04. The molecule has 0 saturated carbocycles. The summed E-state index contributed by atoms with van der Waals surface area (Å²) in [7, 11) is 0. The van der Waals surface area contributed by atoms with E-state index in [1.807, 2.05) is 54.6 Å². The molecule has 1 amide bonds. The van der Waals surface area contributed by atoms with Crippen molar-refractivity contribution in [3.05, 3.63) is 71.8 Å². The number of amides is 1. The summed E-state index contributed by atoms with van der Waals surface area (Å²) < 4.78 is 5.68. The predicted octanol–water partition coefficient (Wildman–Crippen LogP) is 4.59. The summed E-state index contributed by atoms with van der Waals surface area (Å²) in [4.78, 5) is 12.1. The molecule has 0 fully saturated rings. The van der Waals surface area contributed by atoms with Crippen LogP contribution in [0.5, 0.6) is 11.5 Å². The lowest BCUT2D eigenvalue weighted by molar-refractivity contribution is -0.123. The van der Waals surface area contributed by atoms with Crippen LogP contribution in [0.2, 0.25) is 0 Å². The minimum atomic E-state index is -0.366. The fourth-order valence-electron chi connectivity index (χ4n) is 3.00. The van der Waals surface area contributed by atoms with Gasteiger partial charge in [-0.1, -0.05) is 62.4 Å². The monoisotopic (exact) mass is 376 g/mol. The molecule has 0 saturated heterocycles. The van der Waals surface area contributed by atoms with Crippen LogP contribution in [0.25, 0.3) is 10.8 Å². The number of fused-ring (bicyclic) bond motifs is 1. The Morgan fingerprint density at radius 3 is 2.71 bits per heavy atom. The Labute approximate surface area is 164 Å². The van der Waals surface area contributed by atoms with Gasteiger partial charge in [-0.15, -0.1) is 0 Å². The van der Waals surface area contributed by atoms with Gasteiger partial charge in [-0.25, -0.2) is 5.43 Å². The first-order valence-electron chi connectivity index (χ1n) is 9.34. The highest BCUT2D eigenvalue weighted by molar-refractivity contribution is 6.02. The summed E-state index contributed by atoms with van der Waals surface area (Å²) in [5, 5.41) is 15.9. The van der Waals surface area contributed by atoms with Gasteiger partial charge in [-0.3, -0.25) is 4.79 Å². The van der Waals surface area contributed by atoms with Crippen molar-refractivity contribution in [1.29, 1.82) is 0 Å². The van der Waals surface area contributed by atoms with Crippen LogP contribution >= 0.6 is 0 Å². The highest BCUT2D eigenvalue weighted by Gasteiger charge is 2.11. The van der Waals surface area contributed by atoms with Gasteiger partial charge in [0.1, 0.15) is 11.5 Å². The highest BCUT2D eigenvalue weighted by atomic mass is 16.5. The van der Waals surface area contributed by atoms with Gasteiger partial charge in [0.15, 0.2) is 6.61 Å². The number of phenolic OH excluding ortho intramolecular Hbond substituents is 1. The van der Waals surface area contributed by atoms with Crippen molar-refractivity contribution in [3.8, 4) is 11.5 Å². The van der Waals surface area contributed by atoms with Gasteiger partial charge in [0.05, 0.1) is 6.21 Å². The second-order valence-electron chi connectivity index (χ2n) is 6.65. The normalized spacial score (nSPS) is 12.2. The van der Waals surface area contributed by atoms with Crippen molar-refractivity contribution in [2.75, 3.05) is 6.61 Å². The first-order chi connectivity index (χ1) is 13.6. The minimum Gasteiger partial charge on any atom is -0.507 e. The number of aromatic hydroxyl groups is 1. The summed E-state index contributed by atoms with van der Waals surface area (Å²) >= 11 is 0. The number of nitrogens with zero attached hydrogens (tertiary/aromatic N) is 1. The van der Waals surface area contributed by atoms with Gasteiger partial charge >= 0.3 is 0 Å². The third-order valence-electron chi connectivity index (χ3n) is 4.75. The van der Waals surface area contributed by atoms with Gasteiger partial charge < -0.3 is 9.84 Å². The number of carbonyl (C=O) groups is 1. The van der Waals surface area contributed by atoms with Crippen LogP contribution in [-0.2, 0) is 4.79 Å². The van der Waals surface area contributed by atoms with Crippen molar-refractivity contribution in [2.24, 2.45) is 5.10 Å². The molecule has 1 atom stereocenters. The van der Waals surface area contributed by atoms with Crippen LogP contribution in [0.3, 0.4) is 0 Å². The number of nitrogens with one attached hydrogen (secondary N) is 1. The standard InChI is InChI=1S/C23H24N2O3/c1-3-16(2)18-9-6-7-11-22(18)28-15-23(27)25-24-14-20-19-10-5-4-8-17(19)12-13-21(20)26/h4-14,16,26H,3,15H2,1-2H3,(H,25,27)/b24-14+. The molecule has 1 unspecified atom stereocenters. The van der Waals surface area contributed by atoms with E-state index in [4.69, 9.17) is 4.74 Å². The first-order valence-corrected chi connectivity index (χ1v) is 9.34. The Hall–Kier alpha value is -3.34. The molecule has 0 aliphatic heterocycles. The van der Waals surface area contributed by atoms with E-state index in [1.165, 1.54) is 6.21 Å². The van der Waals surface area contributed by atoms with Crippen LogP contribution in [-0.4, -0.2) is 23.8 Å². The largest absolute Gasteiger partial charge is 0.507 e. The van der Waals surface area contributed by atoms with E-state index < -0.39 is 0 Å². The van der Waals surface area contributed by atoms with E-state index >= 15 is 0 Å². The first kappa shape index (κ1) is 19.4. The molecule has 2 N–H and O–H groups in total. The number of hydrogen-bond donors (Lipinski definition) is 2. The van der Waals surface area contributed by atoms with Crippen LogP contribution in [0, 0.1) is 0 Å². The fourth-order valence-corrected chi connectivity index (χ4v) is 3.00. The smallest absolute Gasteiger partial charge is 0.277 e. The van der Waals surface area contributed by atoms with Crippen LogP contribution < -0.4 is 10.2 Å². The van der Waals surface area contributed by atoms with Gasteiger partial charge in [-0.2, -0.15) is 5.10 Å². The Bertz CT molecular complexity index is 998. The van der Waals surface area contributed by atoms with Gasteiger partial charge in [0.25, 0.3) is 5.91 Å². The lowest BCUT2D eigenvalue weighted by atomic mass is 9.98. The molecule has 3 aromatic carbocycles. The molecular formula is C23H24N2O3. The molecule has 0 spiro atoms. The summed E-state index contributed by atoms with van der Waals surface area (Å²) in [6.07, 6.45) is 2.44. The average Bonchev–Trinajstić information content (AvgIpc) is 2.73. The molecule has 144 valence electrons. The lowest BCUT2D eigenvalue weighted by Crippen LogP contribution is -2.25. The Kier molecular flexibility index (Phi) is 6.27. The van der Waals surface area contributed by atoms with Crippen molar-refractivity contribution in [3.63, 3.8) is 0 Å². The van der Waals surface area contributed by atoms with Crippen LogP contribution in [0.4, 0.5) is 0 Å². The van der Waals surface area contributed by atoms with Crippen molar-refractivity contribution < 1.29 is 14.6 Å². The third kappa shape index (κ3) is 4.49. The number of para-hydroxylation sites is 1. The summed E-state index contributed by atoms with van der Waals surface area (Å²) in [6.45, 7) is 4.11. The van der Waals surface area contributed by atoms with E-state index in [-0.39, 0.29) is 18.3 Å². The van der Waals surface area contributed by atoms with Gasteiger partial charge in [0.2, 0.25) is 0 Å². The zero-order valence-corrected chi connectivity index (χ0v) is 16.1. The zero-order chi connectivity index (χ0) is 19.9. The van der Waals surface area contributed by atoms with E-state index in [2.05, 4.69) is 24.4 Å². The molecule has 0 aliphatic rings. The second-order valence-corrected chi connectivity index (χ2v) is 6.65. The molecule has 28 heavy (non-hydrogen) atoms. The number of phenols is 1. The maximum atomic E-state index is 12.1. The maximum Gasteiger partial charge on any atom is 0.277 e. The number of ether oxygens (including phenoxy) is 1. The Morgan fingerprint density at radius 2 is 1.89 bits per heavy atom. The molecule has 0 heterocycles. The Balaban J connectivity index is 1.64. The number of carbonyl (C=O) groups excluding carboxylic acids is 1. The third-order valence-corrected chi connectivity index (χ3v) is 4.75. The fraction of sp³-hybridized carbons (Fsp3) is 0.217. The van der Waals surface area contributed by atoms with Crippen LogP contribution in [0.1, 0.15) is 37.3 Å². The Morgan fingerprint density at radius 1 is 1.14 bits per heavy atom. The van der Waals surface area contributed by atoms with Gasteiger partial charge in [-0.05, 0) is 40.8 Å². The zero-order valence-electron chi connectivity index (χ0n) is 16.1. The van der Waals surface area contributed by atoms with Crippen molar-refractivity contribution >= 4 is 22.9 Å². The van der Waals surface area contributed by atoms with Crippen molar-refractivity contribution in [1.82, 2.24) is 5.43 Å². The van der Waals surface area contributed by atoms with Crippen molar-refractivity contribution in [2.45, 2.75) is 26.2 Å². The van der Waals surface area contributed by atoms with E-state index in [1.54, 1.807) is 6.07 Å². The molecule has 0 radical (unpaired) electrons. The number of hydrazone groups is 1. The number of rotatable bonds is 7. The highest BCUT2D eigenvalue weighted by Crippen LogP contribution is 2.28. The van der Waals surface area contributed by atoms with E-state index in [0.29, 0.717) is 17.2 Å². The van der Waals surface area contributed by atoms with Crippen LogP contribution in [0.15, 0.2) is 65.8 Å². The molecule has 0 bridgehead atoms. The molecule has 3 aromatic rings.